The number of benzene rings is 1. The second-order valence-corrected chi connectivity index (χ2v) is 4.86. The van der Waals surface area contributed by atoms with Gasteiger partial charge in [0.15, 0.2) is 5.96 Å². The summed E-state index contributed by atoms with van der Waals surface area (Å²) in [4.78, 5) is 8.64. The lowest BCUT2D eigenvalue weighted by atomic mass is 10.1. The third-order valence-electron chi connectivity index (χ3n) is 3.05. The Morgan fingerprint density at radius 3 is 2.59 bits per heavy atom. The van der Waals surface area contributed by atoms with Crippen LogP contribution in [0, 0.1) is 6.92 Å². The van der Waals surface area contributed by atoms with Crippen LogP contribution < -0.4 is 10.6 Å². The average Bonchev–Trinajstić information content (AvgIpc) is 2.97. The van der Waals surface area contributed by atoms with Gasteiger partial charge < -0.3 is 15.1 Å². The highest BCUT2D eigenvalue weighted by atomic mass is 127. The summed E-state index contributed by atoms with van der Waals surface area (Å²) < 4.78 is 5.53. The number of hydrogen-bond acceptors (Lipinski definition) is 3. The van der Waals surface area contributed by atoms with Crippen molar-refractivity contribution < 1.29 is 4.42 Å². The molecule has 120 valence electrons. The fourth-order valence-electron chi connectivity index (χ4n) is 1.86. The highest BCUT2D eigenvalue weighted by molar-refractivity contribution is 14.0. The molecule has 0 bridgehead atoms. The maximum Gasteiger partial charge on any atom is 0.226 e. The first kappa shape index (κ1) is 18.5. The van der Waals surface area contributed by atoms with Gasteiger partial charge in [0, 0.05) is 19.2 Å². The second-order valence-electron chi connectivity index (χ2n) is 4.86. The van der Waals surface area contributed by atoms with Crippen molar-refractivity contribution in [3.05, 3.63) is 41.8 Å². The van der Waals surface area contributed by atoms with E-state index in [0.29, 0.717) is 12.4 Å². The Balaban J connectivity index is 0.00000242. The molecular formula is C16H23IN4O. The fraction of sp³-hybridized carbons (Fsp3) is 0.375. The van der Waals surface area contributed by atoms with E-state index < -0.39 is 0 Å². The van der Waals surface area contributed by atoms with Crippen LogP contribution in [-0.2, 0) is 6.54 Å². The molecule has 1 aromatic carbocycles. The van der Waals surface area contributed by atoms with E-state index >= 15 is 0 Å². The Morgan fingerprint density at radius 1 is 1.23 bits per heavy atom. The van der Waals surface area contributed by atoms with Crippen LogP contribution in [0.2, 0.25) is 0 Å². The van der Waals surface area contributed by atoms with Gasteiger partial charge in [0.05, 0.1) is 12.2 Å². The summed E-state index contributed by atoms with van der Waals surface area (Å²) in [7, 11) is 1.76. The number of guanidine groups is 1. The van der Waals surface area contributed by atoms with Gasteiger partial charge in [-0.15, -0.1) is 24.0 Å². The standard InChI is InChI=1S/C16H22N4O.HI/c1-4-9-18-16(17-3)19-10-14-11-21-15(20-14)13-7-5-12(2)6-8-13;/h5-8,11H,4,9-10H2,1-3H3,(H2,17,18,19);1H. The molecule has 0 atom stereocenters. The largest absolute Gasteiger partial charge is 0.444 e. The van der Waals surface area contributed by atoms with Gasteiger partial charge in [-0.2, -0.15) is 0 Å². The van der Waals surface area contributed by atoms with E-state index in [2.05, 4.69) is 34.5 Å². The van der Waals surface area contributed by atoms with Crippen LogP contribution in [0.1, 0.15) is 24.6 Å². The van der Waals surface area contributed by atoms with E-state index in [4.69, 9.17) is 4.42 Å². The molecule has 0 radical (unpaired) electrons. The van der Waals surface area contributed by atoms with Crippen molar-refractivity contribution in [1.82, 2.24) is 15.6 Å². The van der Waals surface area contributed by atoms with E-state index in [0.717, 1.165) is 30.2 Å². The van der Waals surface area contributed by atoms with Crippen molar-refractivity contribution in [3.8, 4) is 11.5 Å². The summed E-state index contributed by atoms with van der Waals surface area (Å²) in [6.45, 7) is 5.65. The molecule has 2 rings (SSSR count). The molecule has 22 heavy (non-hydrogen) atoms. The zero-order valence-corrected chi connectivity index (χ0v) is 15.5. The maximum absolute atomic E-state index is 5.53. The number of rotatable bonds is 5. The van der Waals surface area contributed by atoms with Crippen LogP contribution >= 0.6 is 24.0 Å². The van der Waals surface area contributed by atoms with E-state index in [1.165, 1.54) is 5.56 Å². The Bertz CT molecular complexity index is 592. The van der Waals surface area contributed by atoms with Gasteiger partial charge in [-0.1, -0.05) is 24.6 Å². The molecule has 0 spiro atoms. The zero-order chi connectivity index (χ0) is 15.1. The molecule has 0 saturated carbocycles. The fourth-order valence-corrected chi connectivity index (χ4v) is 1.86. The molecule has 0 aliphatic carbocycles. The lowest BCUT2D eigenvalue weighted by molar-refractivity contribution is 0.572. The van der Waals surface area contributed by atoms with E-state index in [1.54, 1.807) is 13.3 Å². The van der Waals surface area contributed by atoms with E-state index in [1.807, 2.05) is 24.3 Å². The van der Waals surface area contributed by atoms with Crippen LogP contribution in [0.4, 0.5) is 0 Å². The Morgan fingerprint density at radius 2 is 1.95 bits per heavy atom. The molecule has 2 N–H and O–H groups in total. The summed E-state index contributed by atoms with van der Waals surface area (Å²) in [6.07, 6.45) is 2.73. The first-order valence-corrected chi connectivity index (χ1v) is 7.19. The third kappa shape index (κ3) is 5.32. The number of aliphatic imine (C=N–C) groups is 1. The Labute approximate surface area is 148 Å². The molecule has 1 aromatic heterocycles. The molecule has 0 saturated heterocycles. The normalized spacial score (nSPS) is 11.0. The highest BCUT2D eigenvalue weighted by Crippen LogP contribution is 2.18. The van der Waals surface area contributed by atoms with Crippen molar-refractivity contribution in [3.63, 3.8) is 0 Å². The predicted molar refractivity (Wildman–Crippen MR) is 101 cm³/mol. The number of aryl methyl sites for hydroxylation is 1. The molecule has 0 aliphatic rings. The molecule has 1 heterocycles. The van der Waals surface area contributed by atoms with Gasteiger partial charge in [-0.3, -0.25) is 4.99 Å². The highest BCUT2D eigenvalue weighted by Gasteiger charge is 2.07. The van der Waals surface area contributed by atoms with Crippen molar-refractivity contribution in [2.45, 2.75) is 26.8 Å². The number of aromatic nitrogens is 1. The number of hydrogen-bond donors (Lipinski definition) is 2. The summed E-state index contributed by atoms with van der Waals surface area (Å²) in [5.74, 6) is 1.42. The monoisotopic (exact) mass is 414 g/mol. The zero-order valence-electron chi connectivity index (χ0n) is 13.2. The topological polar surface area (TPSA) is 62.5 Å². The van der Waals surface area contributed by atoms with Gasteiger partial charge in [0.2, 0.25) is 5.89 Å². The molecular weight excluding hydrogens is 391 g/mol. The Kier molecular flexibility index (Phi) is 7.94. The minimum absolute atomic E-state index is 0. The van der Waals surface area contributed by atoms with Crippen LogP contribution in [0.5, 0.6) is 0 Å². The summed E-state index contributed by atoms with van der Waals surface area (Å²) >= 11 is 0. The number of nitrogens with one attached hydrogen (secondary N) is 2. The van der Waals surface area contributed by atoms with Crippen LogP contribution in [-0.4, -0.2) is 24.5 Å². The third-order valence-corrected chi connectivity index (χ3v) is 3.05. The number of halogens is 1. The molecule has 5 nitrogen and oxygen atoms in total. The molecule has 0 amide bonds. The lowest BCUT2D eigenvalue weighted by Crippen LogP contribution is -2.37. The Hall–Kier alpha value is -1.57. The predicted octanol–water partition coefficient (Wildman–Crippen LogP) is 3.34. The molecule has 6 heteroatoms. The molecule has 0 aliphatic heterocycles. The maximum atomic E-state index is 5.53. The summed E-state index contributed by atoms with van der Waals surface area (Å²) in [5.41, 5.74) is 3.06. The first-order valence-electron chi connectivity index (χ1n) is 7.19. The average molecular weight is 414 g/mol. The van der Waals surface area contributed by atoms with Crippen LogP contribution in [0.3, 0.4) is 0 Å². The number of nitrogens with zero attached hydrogens (tertiary/aromatic N) is 2. The quantitative estimate of drug-likeness (QED) is 0.448. The van der Waals surface area contributed by atoms with Crippen molar-refractivity contribution in [2.75, 3.05) is 13.6 Å². The van der Waals surface area contributed by atoms with Gasteiger partial charge >= 0.3 is 0 Å². The van der Waals surface area contributed by atoms with Crippen LogP contribution in [0.15, 0.2) is 39.9 Å². The van der Waals surface area contributed by atoms with Crippen molar-refractivity contribution in [2.24, 2.45) is 4.99 Å². The van der Waals surface area contributed by atoms with Gasteiger partial charge in [0.1, 0.15) is 6.26 Å². The van der Waals surface area contributed by atoms with Crippen molar-refractivity contribution in [1.29, 1.82) is 0 Å². The van der Waals surface area contributed by atoms with Gasteiger partial charge in [0.25, 0.3) is 0 Å². The van der Waals surface area contributed by atoms with Gasteiger partial charge in [-0.05, 0) is 25.5 Å². The van der Waals surface area contributed by atoms with Gasteiger partial charge in [-0.25, -0.2) is 4.98 Å². The summed E-state index contributed by atoms with van der Waals surface area (Å²) in [6, 6.07) is 8.13. The minimum Gasteiger partial charge on any atom is -0.444 e. The second kappa shape index (κ2) is 9.45. The molecule has 0 unspecified atom stereocenters. The van der Waals surface area contributed by atoms with Crippen LogP contribution in [0.25, 0.3) is 11.5 Å². The number of oxazole rings is 1. The van der Waals surface area contributed by atoms with Crippen molar-refractivity contribution >= 4 is 29.9 Å². The minimum atomic E-state index is 0. The SMILES string of the molecule is CCCNC(=NC)NCc1coc(-c2ccc(C)cc2)n1.I. The molecule has 0 fully saturated rings. The lowest BCUT2D eigenvalue weighted by Gasteiger charge is -2.09. The molecule has 2 aromatic rings. The smallest absolute Gasteiger partial charge is 0.226 e. The summed E-state index contributed by atoms with van der Waals surface area (Å²) in [5, 5.41) is 6.43. The first-order chi connectivity index (χ1) is 10.2. The van der Waals surface area contributed by atoms with E-state index in [-0.39, 0.29) is 24.0 Å². The van der Waals surface area contributed by atoms with E-state index in [9.17, 15) is 0 Å².